The Morgan fingerprint density at radius 3 is 2.59 bits per heavy atom. The minimum absolute atomic E-state index is 0.0368. The number of benzene rings is 1. The molecule has 2 aliphatic heterocycles. The summed E-state index contributed by atoms with van der Waals surface area (Å²) in [6, 6.07) is 1.88. The van der Waals surface area contributed by atoms with Crippen molar-refractivity contribution in [3.8, 4) is 11.5 Å². The smallest absolute Gasteiger partial charge is 0.198 e. The van der Waals surface area contributed by atoms with E-state index in [-0.39, 0.29) is 34.9 Å². The fraction of sp³-hybridized carbons (Fsp3) is 0.739. The van der Waals surface area contributed by atoms with Crippen molar-refractivity contribution in [1.82, 2.24) is 4.90 Å². The average Bonchev–Trinajstić information content (AvgIpc) is 2.61. The zero-order valence-corrected chi connectivity index (χ0v) is 18.3. The van der Waals surface area contributed by atoms with E-state index in [1.165, 1.54) is 0 Å². The van der Waals surface area contributed by atoms with Crippen molar-refractivity contribution in [2.45, 2.75) is 89.3 Å². The number of ether oxygens (including phenoxy) is 3. The summed E-state index contributed by atoms with van der Waals surface area (Å²) in [6.45, 7) is 9.42. The van der Waals surface area contributed by atoms with Crippen LogP contribution in [0.3, 0.4) is 0 Å². The minimum Gasteiger partial charge on any atom is -0.493 e. The molecule has 2 heterocycles. The first-order chi connectivity index (χ1) is 13.6. The van der Waals surface area contributed by atoms with E-state index in [1.807, 2.05) is 33.8 Å². The molecular weight excluding hydrogens is 373 g/mol. The third kappa shape index (κ3) is 3.99. The molecule has 1 aliphatic carbocycles. The maximum atomic E-state index is 15.5. The fourth-order valence-corrected chi connectivity index (χ4v) is 4.89. The largest absolute Gasteiger partial charge is 0.493 e. The summed E-state index contributed by atoms with van der Waals surface area (Å²) >= 11 is 0. The van der Waals surface area contributed by atoms with E-state index in [0.29, 0.717) is 30.7 Å². The van der Waals surface area contributed by atoms with Gasteiger partial charge in [0, 0.05) is 19.1 Å². The lowest BCUT2D eigenvalue weighted by Gasteiger charge is -2.47. The van der Waals surface area contributed by atoms with Gasteiger partial charge in [-0.1, -0.05) is 0 Å². The Labute approximate surface area is 173 Å². The van der Waals surface area contributed by atoms with Gasteiger partial charge in [-0.25, -0.2) is 4.39 Å². The van der Waals surface area contributed by atoms with E-state index < -0.39 is 6.10 Å². The highest BCUT2D eigenvalue weighted by Gasteiger charge is 2.42. The Hall–Kier alpha value is -1.37. The molecule has 0 radical (unpaired) electrons. The molecule has 29 heavy (non-hydrogen) atoms. The topological polar surface area (TPSA) is 51.2 Å². The van der Waals surface area contributed by atoms with Crippen LogP contribution in [0, 0.1) is 5.82 Å². The third-order valence-corrected chi connectivity index (χ3v) is 6.56. The van der Waals surface area contributed by atoms with Crippen LogP contribution in [-0.4, -0.2) is 53.6 Å². The van der Waals surface area contributed by atoms with Crippen LogP contribution in [0.1, 0.15) is 70.5 Å². The lowest BCUT2D eigenvalue weighted by molar-refractivity contribution is -0.149. The Bertz CT molecular complexity index is 771. The summed E-state index contributed by atoms with van der Waals surface area (Å²) in [5.41, 5.74) is 0.991. The second-order valence-corrected chi connectivity index (χ2v) is 10.0. The fourth-order valence-electron chi connectivity index (χ4n) is 4.89. The van der Waals surface area contributed by atoms with Gasteiger partial charge < -0.3 is 19.3 Å². The number of piperidine rings is 1. The molecule has 0 aromatic heterocycles. The molecule has 0 amide bonds. The summed E-state index contributed by atoms with van der Waals surface area (Å²) in [5, 5.41) is 10.7. The zero-order valence-electron chi connectivity index (χ0n) is 18.3. The highest BCUT2D eigenvalue weighted by atomic mass is 19.1. The quantitative estimate of drug-likeness (QED) is 0.818. The summed E-state index contributed by atoms with van der Waals surface area (Å²) in [5.74, 6) is 0.389. The van der Waals surface area contributed by atoms with Gasteiger partial charge >= 0.3 is 0 Å². The molecule has 3 atom stereocenters. The van der Waals surface area contributed by atoms with Crippen molar-refractivity contribution in [1.29, 1.82) is 0 Å². The molecule has 0 spiro atoms. The first-order valence-corrected chi connectivity index (χ1v) is 10.8. The second-order valence-electron chi connectivity index (χ2n) is 10.0. The maximum Gasteiger partial charge on any atom is 0.198 e. The molecule has 5 nitrogen and oxygen atoms in total. The first kappa shape index (κ1) is 20.9. The second kappa shape index (κ2) is 7.40. The molecule has 1 saturated carbocycles. The molecule has 1 aromatic carbocycles. The molecule has 0 bridgehead atoms. The number of methoxy groups -OCH3 is 1. The average molecular weight is 408 g/mol. The van der Waals surface area contributed by atoms with Crippen LogP contribution in [0.15, 0.2) is 6.07 Å². The molecule has 162 valence electrons. The molecule has 2 fully saturated rings. The van der Waals surface area contributed by atoms with E-state index >= 15 is 4.39 Å². The van der Waals surface area contributed by atoms with Crippen molar-refractivity contribution >= 4 is 0 Å². The van der Waals surface area contributed by atoms with Gasteiger partial charge in [-0.15, -0.1) is 0 Å². The molecule has 6 heteroatoms. The van der Waals surface area contributed by atoms with Gasteiger partial charge in [0.25, 0.3) is 0 Å². The molecule has 1 saturated heterocycles. The number of nitrogens with zero attached hydrogens (tertiary/aromatic N) is 1. The summed E-state index contributed by atoms with van der Waals surface area (Å²) in [4.78, 5) is 2.30. The van der Waals surface area contributed by atoms with Crippen molar-refractivity contribution < 1.29 is 23.7 Å². The van der Waals surface area contributed by atoms with Gasteiger partial charge in [0.1, 0.15) is 5.60 Å². The third-order valence-electron chi connectivity index (χ3n) is 6.56. The van der Waals surface area contributed by atoms with E-state index in [0.717, 1.165) is 31.4 Å². The van der Waals surface area contributed by atoms with Crippen molar-refractivity contribution in [3.05, 3.63) is 23.0 Å². The van der Waals surface area contributed by atoms with Gasteiger partial charge in [-0.3, -0.25) is 4.90 Å². The predicted octanol–water partition coefficient (Wildman–Crippen LogP) is 4.00. The van der Waals surface area contributed by atoms with E-state index in [1.54, 1.807) is 7.11 Å². The van der Waals surface area contributed by atoms with Crippen LogP contribution in [0.2, 0.25) is 0 Å². The Morgan fingerprint density at radius 2 is 2.00 bits per heavy atom. The van der Waals surface area contributed by atoms with Gasteiger partial charge in [0.15, 0.2) is 17.3 Å². The van der Waals surface area contributed by atoms with Crippen LogP contribution < -0.4 is 9.47 Å². The molecule has 3 aliphatic rings. The van der Waals surface area contributed by atoms with Crippen LogP contribution >= 0.6 is 0 Å². The molecule has 0 unspecified atom stereocenters. The number of halogens is 1. The number of aliphatic hydroxyl groups is 1. The number of hydrogen-bond donors (Lipinski definition) is 1. The summed E-state index contributed by atoms with van der Waals surface area (Å²) < 4.78 is 33.2. The normalized spacial score (nSPS) is 28.9. The predicted molar refractivity (Wildman–Crippen MR) is 109 cm³/mol. The standard InChI is InChI=1S/C23H34FNO4/c1-22(2,3)28-19-13-25-10-7-14-15(16(25)12-17(19)26)11-18(27-5)21(20(14)24)29-23(4)8-6-9-23/h11,16-17,19,26H,6-10,12-13H2,1-5H3/t16-,17-,19-/m1/s1. The van der Waals surface area contributed by atoms with Crippen molar-refractivity contribution in [2.75, 3.05) is 20.2 Å². The van der Waals surface area contributed by atoms with Crippen molar-refractivity contribution in [3.63, 3.8) is 0 Å². The van der Waals surface area contributed by atoms with Gasteiger partial charge in [0.2, 0.25) is 0 Å². The molecular formula is C23H34FNO4. The monoisotopic (exact) mass is 407 g/mol. The maximum absolute atomic E-state index is 15.5. The van der Waals surface area contributed by atoms with Crippen LogP contribution in [-0.2, 0) is 11.2 Å². The van der Waals surface area contributed by atoms with E-state index in [4.69, 9.17) is 14.2 Å². The van der Waals surface area contributed by atoms with Gasteiger partial charge in [-0.2, -0.15) is 0 Å². The highest BCUT2D eigenvalue weighted by Crippen LogP contribution is 2.47. The van der Waals surface area contributed by atoms with Crippen molar-refractivity contribution in [2.24, 2.45) is 0 Å². The first-order valence-electron chi connectivity index (χ1n) is 10.8. The van der Waals surface area contributed by atoms with E-state index in [2.05, 4.69) is 4.90 Å². The zero-order chi connectivity index (χ0) is 21.0. The molecule has 4 rings (SSSR count). The van der Waals surface area contributed by atoms with Crippen LogP contribution in [0.5, 0.6) is 11.5 Å². The minimum atomic E-state index is -0.583. The number of hydrogen-bond acceptors (Lipinski definition) is 5. The van der Waals surface area contributed by atoms with E-state index in [9.17, 15) is 5.11 Å². The Kier molecular flexibility index (Phi) is 5.33. The molecule has 1 aromatic rings. The number of aliphatic hydroxyl groups excluding tert-OH is 1. The van der Waals surface area contributed by atoms with Gasteiger partial charge in [0.05, 0.1) is 24.9 Å². The lowest BCUT2D eigenvalue weighted by Crippen LogP contribution is -2.53. The Morgan fingerprint density at radius 1 is 1.28 bits per heavy atom. The van der Waals surface area contributed by atoms with Gasteiger partial charge in [-0.05, 0) is 77.0 Å². The van der Waals surface area contributed by atoms with Crippen LogP contribution in [0.4, 0.5) is 4.39 Å². The summed E-state index contributed by atoms with van der Waals surface area (Å²) in [6.07, 6.45) is 3.30. The van der Waals surface area contributed by atoms with Crippen LogP contribution in [0.25, 0.3) is 0 Å². The lowest BCUT2D eigenvalue weighted by atomic mass is 9.81. The molecule has 1 N–H and O–H groups in total. The highest BCUT2D eigenvalue weighted by molar-refractivity contribution is 5.51. The Balaban J connectivity index is 1.63. The number of rotatable bonds is 4. The SMILES string of the molecule is COc1cc2c(c(F)c1OC1(C)CCC1)CCN1C[C@@H](OC(C)(C)C)[C@H](O)C[C@H]21. The summed E-state index contributed by atoms with van der Waals surface area (Å²) in [7, 11) is 1.56. The number of fused-ring (bicyclic) bond motifs is 3.